The lowest BCUT2D eigenvalue weighted by molar-refractivity contribution is -0.154. The van der Waals surface area contributed by atoms with Gasteiger partial charge in [0.25, 0.3) is 0 Å². The average Bonchev–Trinajstić information content (AvgIpc) is 2.37. The Labute approximate surface area is 117 Å². The summed E-state index contributed by atoms with van der Waals surface area (Å²) in [5.74, 6) is -1.20. The van der Waals surface area contributed by atoms with Crippen LogP contribution in [0.5, 0.6) is 0 Å². The van der Waals surface area contributed by atoms with Gasteiger partial charge in [0.2, 0.25) is 0 Å². The summed E-state index contributed by atoms with van der Waals surface area (Å²) in [6.45, 7) is 2.31. The number of rotatable bonds is 1. The summed E-state index contributed by atoms with van der Waals surface area (Å²) >= 11 is 0. The zero-order valence-corrected chi connectivity index (χ0v) is 12.0. The fourth-order valence-electron chi connectivity index (χ4n) is 2.44. The number of hydrogen-bond acceptors (Lipinski definition) is 5. The third kappa shape index (κ3) is 3.21. The van der Waals surface area contributed by atoms with Crippen molar-refractivity contribution in [3.8, 4) is 0 Å². The van der Waals surface area contributed by atoms with Crippen molar-refractivity contribution in [3.63, 3.8) is 0 Å². The molecule has 0 aromatic carbocycles. The Morgan fingerprint density at radius 1 is 1.30 bits per heavy atom. The van der Waals surface area contributed by atoms with Crippen molar-refractivity contribution in [1.29, 1.82) is 0 Å². The number of amides is 2. The normalized spacial score (nSPS) is 30.1. The maximum atomic E-state index is 12.4. The van der Waals surface area contributed by atoms with Crippen molar-refractivity contribution < 1.29 is 27.9 Å². The first-order valence-corrected chi connectivity index (χ1v) is 8.22. The molecule has 2 saturated heterocycles. The molecule has 2 amide bonds. The summed E-state index contributed by atoms with van der Waals surface area (Å²) in [6.07, 6.45) is -1.02. The molecule has 2 aliphatic rings. The van der Waals surface area contributed by atoms with Gasteiger partial charge in [-0.3, -0.25) is 0 Å². The molecule has 2 fully saturated rings. The molecule has 0 aromatic rings. The summed E-state index contributed by atoms with van der Waals surface area (Å²) in [4.78, 5) is 26.1. The Hall–Kier alpha value is -1.35. The van der Waals surface area contributed by atoms with E-state index in [1.807, 2.05) is 0 Å². The number of sulfone groups is 1. The molecule has 9 heteroatoms. The minimum absolute atomic E-state index is 0.00979. The van der Waals surface area contributed by atoms with Gasteiger partial charge in [0.15, 0.2) is 15.9 Å². The molecule has 114 valence electrons. The quantitative estimate of drug-likeness (QED) is 0.667. The second-order valence-corrected chi connectivity index (χ2v) is 7.31. The van der Waals surface area contributed by atoms with E-state index in [1.165, 1.54) is 9.80 Å². The van der Waals surface area contributed by atoms with Gasteiger partial charge in [0.1, 0.15) is 0 Å². The number of hydrogen-bond donors (Lipinski definition) is 1. The molecule has 0 bridgehead atoms. The summed E-state index contributed by atoms with van der Waals surface area (Å²) in [5, 5.41) is 8.91. The standard InChI is InChI=1S/C11H18N2O6S/c1-8-7-20(17,18)5-3-13(8)11(16)12-2-4-19-9(6-12)10(14)15/h8-9H,2-7H2,1H3,(H,14,15). The lowest BCUT2D eigenvalue weighted by Crippen LogP contribution is -2.58. The summed E-state index contributed by atoms with van der Waals surface area (Å²) < 4.78 is 28.1. The van der Waals surface area contributed by atoms with E-state index < -0.39 is 28.0 Å². The first-order chi connectivity index (χ1) is 9.30. The number of carbonyl (C=O) groups excluding carboxylic acids is 1. The van der Waals surface area contributed by atoms with Gasteiger partial charge in [-0.15, -0.1) is 0 Å². The Balaban J connectivity index is 2.02. The topological polar surface area (TPSA) is 104 Å². The van der Waals surface area contributed by atoms with Crippen molar-refractivity contribution in [1.82, 2.24) is 9.80 Å². The smallest absolute Gasteiger partial charge is 0.334 e. The Morgan fingerprint density at radius 2 is 2.00 bits per heavy atom. The average molecular weight is 306 g/mol. The number of carbonyl (C=O) groups is 2. The van der Waals surface area contributed by atoms with Crippen molar-refractivity contribution in [2.75, 3.05) is 37.7 Å². The lowest BCUT2D eigenvalue weighted by Gasteiger charge is -2.39. The zero-order valence-electron chi connectivity index (χ0n) is 11.2. The van der Waals surface area contributed by atoms with Crippen molar-refractivity contribution in [2.45, 2.75) is 19.1 Å². The maximum Gasteiger partial charge on any atom is 0.334 e. The van der Waals surface area contributed by atoms with Gasteiger partial charge < -0.3 is 19.6 Å². The maximum absolute atomic E-state index is 12.4. The SMILES string of the molecule is CC1CS(=O)(=O)CCN1C(=O)N1CCOC(C(=O)O)C1. The highest BCUT2D eigenvalue weighted by Crippen LogP contribution is 2.16. The number of urea groups is 1. The summed E-state index contributed by atoms with van der Waals surface area (Å²) in [6, 6.07) is -0.714. The fourth-order valence-corrected chi connectivity index (χ4v) is 3.99. The number of ether oxygens (including phenoxy) is 1. The van der Waals surface area contributed by atoms with E-state index in [0.29, 0.717) is 6.54 Å². The highest BCUT2D eigenvalue weighted by Gasteiger charge is 2.36. The summed E-state index contributed by atoms with van der Waals surface area (Å²) in [5.41, 5.74) is 0. The third-order valence-corrected chi connectivity index (χ3v) is 5.32. The van der Waals surface area contributed by atoms with Crippen LogP contribution in [0.2, 0.25) is 0 Å². The van der Waals surface area contributed by atoms with E-state index in [2.05, 4.69) is 0 Å². The van der Waals surface area contributed by atoms with Crippen LogP contribution in [0.25, 0.3) is 0 Å². The largest absolute Gasteiger partial charge is 0.479 e. The minimum atomic E-state index is -3.08. The molecule has 2 rings (SSSR count). The van der Waals surface area contributed by atoms with Gasteiger partial charge in [-0.25, -0.2) is 18.0 Å². The highest BCUT2D eigenvalue weighted by molar-refractivity contribution is 7.91. The Bertz CT molecular complexity index is 505. The van der Waals surface area contributed by atoms with Crippen molar-refractivity contribution >= 4 is 21.8 Å². The number of aliphatic carboxylic acids is 1. The molecule has 20 heavy (non-hydrogen) atoms. The van der Waals surface area contributed by atoms with Gasteiger partial charge >= 0.3 is 12.0 Å². The van der Waals surface area contributed by atoms with E-state index in [9.17, 15) is 18.0 Å². The first-order valence-electron chi connectivity index (χ1n) is 6.40. The molecule has 2 heterocycles. The predicted octanol–water partition coefficient (Wildman–Crippen LogP) is -0.989. The van der Waals surface area contributed by atoms with Gasteiger partial charge in [-0.2, -0.15) is 0 Å². The number of carboxylic acid groups (broad SMARTS) is 1. The Morgan fingerprint density at radius 3 is 2.60 bits per heavy atom. The second-order valence-electron chi connectivity index (χ2n) is 5.08. The van der Waals surface area contributed by atoms with Crippen LogP contribution in [0.4, 0.5) is 4.79 Å². The predicted molar refractivity (Wildman–Crippen MR) is 69.2 cm³/mol. The van der Waals surface area contributed by atoms with Gasteiger partial charge in [-0.05, 0) is 6.92 Å². The van der Waals surface area contributed by atoms with E-state index in [0.717, 1.165) is 0 Å². The minimum Gasteiger partial charge on any atom is -0.479 e. The molecule has 0 radical (unpaired) electrons. The summed E-state index contributed by atoms with van der Waals surface area (Å²) in [7, 11) is -3.08. The molecule has 0 saturated carbocycles. The number of carboxylic acids is 1. The van der Waals surface area contributed by atoms with Crippen molar-refractivity contribution in [2.24, 2.45) is 0 Å². The van der Waals surface area contributed by atoms with Crippen LogP contribution >= 0.6 is 0 Å². The second kappa shape index (κ2) is 5.57. The van der Waals surface area contributed by atoms with Crippen LogP contribution in [0, 0.1) is 0 Å². The van der Waals surface area contributed by atoms with Crippen LogP contribution in [0.3, 0.4) is 0 Å². The van der Waals surface area contributed by atoms with E-state index in [4.69, 9.17) is 9.84 Å². The molecule has 2 unspecified atom stereocenters. The fraction of sp³-hybridized carbons (Fsp3) is 0.818. The van der Waals surface area contributed by atoms with E-state index >= 15 is 0 Å². The number of nitrogens with zero attached hydrogens (tertiary/aromatic N) is 2. The van der Waals surface area contributed by atoms with Crippen LogP contribution in [-0.4, -0.2) is 85.2 Å². The molecule has 0 aliphatic carbocycles. The molecule has 0 spiro atoms. The Kier molecular flexibility index (Phi) is 4.19. The number of morpholine rings is 1. The highest BCUT2D eigenvalue weighted by atomic mass is 32.2. The van der Waals surface area contributed by atoms with Crippen LogP contribution < -0.4 is 0 Å². The molecule has 0 aromatic heterocycles. The van der Waals surface area contributed by atoms with Gasteiger partial charge in [0, 0.05) is 19.1 Å². The first kappa shape index (κ1) is 15.0. The zero-order chi connectivity index (χ0) is 14.9. The van der Waals surface area contributed by atoms with Gasteiger partial charge in [-0.1, -0.05) is 0 Å². The van der Waals surface area contributed by atoms with Crippen LogP contribution in [0.15, 0.2) is 0 Å². The van der Waals surface area contributed by atoms with Crippen molar-refractivity contribution in [3.05, 3.63) is 0 Å². The molecular weight excluding hydrogens is 288 g/mol. The molecule has 2 aliphatic heterocycles. The van der Waals surface area contributed by atoms with E-state index in [-0.39, 0.29) is 37.2 Å². The third-order valence-electron chi connectivity index (χ3n) is 3.53. The molecular formula is C11H18N2O6S. The van der Waals surface area contributed by atoms with Gasteiger partial charge in [0.05, 0.1) is 24.7 Å². The molecule has 2 atom stereocenters. The molecule has 1 N–H and O–H groups in total. The van der Waals surface area contributed by atoms with E-state index in [1.54, 1.807) is 6.92 Å². The van der Waals surface area contributed by atoms with Crippen LogP contribution in [0.1, 0.15) is 6.92 Å². The lowest BCUT2D eigenvalue weighted by atomic mass is 10.2. The van der Waals surface area contributed by atoms with Crippen LogP contribution in [-0.2, 0) is 19.4 Å². The molecule has 8 nitrogen and oxygen atoms in total. The monoisotopic (exact) mass is 306 g/mol.